The number of alkyl halides is 6. The molecule has 2 heterocycles. The predicted octanol–water partition coefficient (Wildman–Crippen LogP) is 4.88. The summed E-state index contributed by atoms with van der Waals surface area (Å²) in [7, 11) is -4.21. The molecule has 2 saturated carbocycles. The third kappa shape index (κ3) is 7.12. The first-order valence-electron chi connectivity index (χ1n) is 14.2. The quantitative estimate of drug-likeness (QED) is 0.201. The highest BCUT2D eigenvalue weighted by Crippen LogP contribution is 2.49. The molecule has 9 nitrogen and oxygen atoms in total. The number of halogens is 7. The fraction of sp³-hybridized carbons (Fsp3) is 0.536. The number of aromatic nitrogens is 2. The van der Waals surface area contributed by atoms with Crippen LogP contribution in [0.15, 0.2) is 36.0 Å². The highest BCUT2D eigenvalue weighted by Gasteiger charge is 2.61. The van der Waals surface area contributed by atoms with E-state index in [-0.39, 0.29) is 30.2 Å². The summed E-state index contributed by atoms with van der Waals surface area (Å²) in [5.74, 6) is -4.58. The first-order chi connectivity index (χ1) is 21.0. The van der Waals surface area contributed by atoms with Gasteiger partial charge in [-0.15, -0.1) is 0 Å². The number of ether oxygens (including phenoxy) is 1. The van der Waals surface area contributed by atoms with Crippen LogP contribution in [0.5, 0.6) is 5.75 Å². The van der Waals surface area contributed by atoms with Gasteiger partial charge in [0.25, 0.3) is 11.8 Å². The summed E-state index contributed by atoms with van der Waals surface area (Å²) >= 11 is 0. The molecule has 0 bridgehead atoms. The summed E-state index contributed by atoms with van der Waals surface area (Å²) in [6, 6.07) is 3.47. The summed E-state index contributed by atoms with van der Waals surface area (Å²) in [5.41, 5.74) is -6.13. The van der Waals surface area contributed by atoms with E-state index in [1.165, 1.54) is 16.9 Å². The molecular formula is C28H29F7N4O5S. The van der Waals surface area contributed by atoms with Gasteiger partial charge in [-0.05, 0) is 56.2 Å². The van der Waals surface area contributed by atoms with Crippen molar-refractivity contribution in [2.45, 2.75) is 81.1 Å². The maximum absolute atomic E-state index is 15.4. The molecule has 2 N–H and O–H groups in total. The molecule has 246 valence electrons. The third-order valence-corrected chi connectivity index (χ3v) is 9.92. The molecule has 45 heavy (non-hydrogen) atoms. The molecule has 1 aromatic heterocycles. The zero-order valence-electron chi connectivity index (χ0n) is 23.6. The van der Waals surface area contributed by atoms with Crippen molar-refractivity contribution < 1.29 is 53.5 Å². The fourth-order valence-electron chi connectivity index (χ4n) is 5.34. The molecule has 2 fully saturated rings. The Morgan fingerprint density at radius 2 is 1.82 bits per heavy atom. The van der Waals surface area contributed by atoms with Crippen LogP contribution < -0.4 is 14.8 Å². The first kappa shape index (κ1) is 32.8. The third-order valence-electron chi connectivity index (χ3n) is 8.10. The van der Waals surface area contributed by atoms with E-state index >= 15 is 4.39 Å². The molecule has 1 aromatic carbocycles. The average Bonchev–Trinajstić information content (AvgIpc) is 3.66. The molecule has 3 aliphatic rings. The molecule has 2 amide bonds. The van der Waals surface area contributed by atoms with Gasteiger partial charge >= 0.3 is 12.4 Å². The van der Waals surface area contributed by atoms with Gasteiger partial charge in [0.2, 0.25) is 10.0 Å². The number of rotatable bonds is 11. The minimum atomic E-state index is -5.36. The van der Waals surface area contributed by atoms with Crippen molar-refractivity contribution in [3.05, 3.63) is 53.1 Å². The lowest BCUT2D eigenvalue weighted by molar-refractivity contribution is -0.202. The lowest BCUT2D eigenvalue weighted by Crippen LogP contribution is -2.60. The SMILES string of the molecule is O=C1NC(c2ccc(OCCCC(F)(F)F)cc2F)(C(F)(F)F)CC(c2ccn(CC3CCC3)n2)=C1C(=O)NS(=O)(=O)C1CC1. The zero-order valence-corrected chi connectivity index (χ0v) is 24.4. The highest BCUT2D eigenvalue weighted by molar-refractivity contribution is 7.91. The Kier molecular flexibility index (Phi) is 8.70. The van der Waals surface area contributed by atoms with Crippen LogP contribution in [0, 0.1) is 11.7 Å². The lowest BCUT2D eigenvalue weighted by atomic mass is 9.77. The molecule has 5 rings (SSSR count). The Hall–Kier alpha value is -3.63. The Morgan fingerprint density at radius 1 is 1.11 bits per heavy atom. The van der Waals surface area contributed by atoms with Gasteiger partial charge in [-0.1, -0.05) is 6.42 Å². The zero-order chi connectivity index (χ0) is 32.8. The summed E-state index contributed by atoms with van der Waals surface area (Å²) in [4.78, 5) is 26.6. The number of carbonyl (C=O) groups excluding carboxylic acids is 2. The maximum Gasteiger partial charge on any atom is 0.416 e. The van der Waals surface area contributed by atoms with E-state index in [0.717, 1.165) is 25.3 Å². The second kappa shape index (κ2) is 11.9. The van der Waals surface area contributed by atoms with Gasteiger partial charge in [0.15, 0.2) is 5.54 Å². The van der Waals surface area contributed by atoms with E-state index in [0.29, 0.717) is 18.7 Å². The van der Waals surface area contributed by atoms with Crippen LogP contribution in [0.1, 0.15) is 62.6 Å². The van der Waals surface area contributed by atoms with E-state index in [2.05, 4.69) is 5.10 Å². The van der Waals surface area contributed by atoms with Gasteiger partial charge in [0.1, 0.15) is 17.1 Å². The molecule has 0 radical (unpaired) electrons. The van der Waals surface area contributed by atoms with Crippen molar-refractivity contribution in [3.63, 3.8) is 0 Å². The van der Waals surface area contributed by atoms with Crippen molar-refractivity contribution in [1.29, 1.82) is 0 Å². The molecule has 0 spiro atoms. The number of hydrogen-bond donors (Lipinski definition) is 2. The smallest absolute Gasteiger partial charge is 0.416 e. The Morgan fingerprint density at radius 3 is 2.40 bits per heavy atom. The maximum atomic E-state index is 15.4. The van der Waals surface area contributed by atoms with Gasteiger partial charge in [0.05, 0.1) is 17.6 Å². The van der Waals surface area contributed by atoms with Crippen LogP contribution in [0.4, 0.5) is 30.7 Å². The standard InChI is InChI=1S/C28H29F7N4O5S/c29-21-13-17(44-12-2-10-27(30,31)32)5-8-20(21)26(28(33,34)35)14-19(22-9-11-39(37-22)15-16-3-1-4-16)23(24(40)36-26)25(41)38-45(42,43)18-6-7-18/h5,8-9,11,13,16,18H,1-4,6-7,10,12,14-15H2,(H,36,40)(H,38,41). The average molecular weight is 667 g/mol. The molecule has 2 aliphatic carbocycles. The number of nitrogens with zero attached hydrogens (tertiary/aromatic N) is 2. The Bertz CT molecular complexity index is 1610. The summed E-state index contributed by atoms with van der Waals surface area (Å²) in [6.07, 6.45) is -7.83. The van der Waals surface area contributed by atoms with Crippen molar-refractivity contribution in [1.82, 2.24) is 19.8 Å². The van der Waals surface area contributed by atoms with Gasteiger partial charge in [0, 0.05) is 42.8 Å². The largest absolute Gasteiger partial charge is 0.493 e. The molecule has 2 aromatic rings. The number of carbonyl (C=O) groups is 2. The summed E-state index contributed by atoms with van der Waals surface area (Å²) < 4.78 is 131. The van der Waals surface area contributed by atoms with Crippen LogP contribution in [-0.2, 0) is 31.7 Å². The number of hydrogen-bond acceptors (Lipinski definition) is 6. The topological polar surface area (TPSA) is 119 Å². The van der Waals surface area contributed by atoms with Gasteiger partial charge in [-0.3, -0.25) is 14.3 Å². The summed E-state index contributed by atoms with van der Waals surface area (Å²) in [6.45, 7) is -0.0569. The minimum Gasteiger partial charge on any atom is -0.493 e. The number of nitrogens with one attached hydrogen (secondary N) is 2. The second-order valence-corrected chi connectivity index (χ2v) is 13.5. The van der Waals surface area contributed by atoms with E-state index in [4.69, 9.17) is 4.74 Å². The first-order valence-corrected chi connectivity index (χ1v) is 15.8. The molecule has 17 heteroatoms. The van der Waals surface area contributed by atoms with Crippen molar-refractivity contribution in [2.75, 3.05) is 6.61 Å². The van der Waals surface area contributed by atoms with Crippen molar-refractivity contribution in [3.8, 4) is 5.75 Å². The van der Waals surface area contributed by atoms with Crippen LogP contribution in [-0.4, -0.2) is 54.2 Å². The Balaban J connectivity index is 1.52. The lowest BCUT2D eigenvalue weighted by Gasteiger charge is -2.41. The highest BCUT2D eigenvalue weighted by atomic mass is 32.2. The molecule has 1 unspecified atom stereocenters. The van der Waals surface area contributed by atoms with Crippen molar-refractivity contribution >= 4 is 27.4 Å². The van der Waals surface area contributed by atoms with Crippen LogP contribution >= 0.6 is 0 Å². The van der Waals surface area contributed by atoms with Gasteiger partial charge < -0.3 is 10.1 Å². The minimum absolute atomic E-state index is 0.197. The predicted molar refractivity (Wildman–Crippen MR) is 144 cm³/mol. The van der Waals surface area contributed by atoms with Gasteiger partial charge in [-0.2, -0.15) is 31.4 Å². The molecule has 0 saturated heterocycles. The number of benzene rings is 1. The van der Waals surface area contributed by atoms with Crippen LogP contribution in [0.3, 0.4) is 0 Å². The Labute approximate surface area is 253 Å². The van der Waals surface area contributed by atoms with E-state index in [1.807, 2.05) is 0 Å². The molecule has 1 aliphatic heterocycles. The van der Waals surface area contributed by atoms with E-state index in [1.54, 1.807) is 10.0 Å². The van der Waals surface area contributed by atoms with Crippen molar-refractivity contribution in [2.24, 2.45) is 5.92 Å². The monoisotopic (exact) mass is 666 g/mol. The fourth-order valence-corrected chi connectivity index (χ4v) is 6.62. The second-order valence-electron chi connectivity index (χ2n) is 11.5. The number of amides is 2. The van der Waals surface area contributed by atoms with E-state index < -0.39 is 93.4 Å². The normalized spacial score (nSPS) is 21.4. The van der Waals surface area contributed by atoms with Gasteiger partial charge in [-0.25, -0.2) is 17.5 Å². The molecular weight excluding hydrogens is 637 g/mol. The number of sulfonamides is 1. The van der Waals surface area contributed by atoms with Crippen LogP contribution in [0.25, 0.3) is 5.57 Å². The summed E-state index contributed by atoms with van der Waals surface area (Å²) in [5, 5.41) is 5.13. The van der Waals surface area contributed by atoms with Crippen LogP contribution in [0.2, 0.25) is 0 Å². The molecule has 1 atom stereocenters. The van der Waals surface area contributed by atoms with E-state index in [9.17, 15) is 44.3 Å².